The molecule has 2 aromatic rings. The monoisotopic (exact) mass is 477 g/mol. The second-order valence-corrected chi connectivity index (χ2v) is 8.19. The van der Waals surface area contributed by atoms with Gasteiger partial charge in [0.1, 0.15) is 5.75 Å². The smallest absolute Gasteiger partial charge is 0.333 e. The minimum Gasteiger partial charge on any atom is -0.494 e. The molecule has 0 amide bonds. The van der Waals surface area contributed by atoms with Gasteiger partial charge in [-0.1, -0.05) is 38.3 Å². The van der Waals surface area contributed by atoms with E-state index < -0.39 is 0 Å². The maximum absolute atomic E-state index is 11.3. The van der Waals surface area contributed by atoms with Gasteiger partial charge in [0.25, 0.3) is 0 Å². The van der Waals surface area contributed by atoms with Crippen LogP contribution in [0.15, 0.2) is 54.6 Å². The molecule has 6 nitrogen and oxygen atoms in total. The van der Waals surface area contributed by atoms with Crippen LogP contribution in [0, 0.1) is 11.3 Å². The van der Waals surface area contributed by atoms with Crippen LogP contribution >= 0.6 is 0 Å². The van der Waals surface area contributed by atoms with Crippen LogP contribution in [0.25, 0.3) is 11.6 Å². The number of nitriles is 1. The third kappa shape index (κ3) is 9.58. The number of hydrogen-bond donors (Lipinski definition) is 0. The van der Waals surface area contributed by atoms with Crippen molar-refractivity contribution in [3.8, 4) is 23.3 Å². The zero-order valence-electron chi connectivity index (χ0n) is 21.0. The Kier molecular flexibility index (Phi) is 12.0. The fourth-order valence-corrected chi connectivity index (χ4v) is 3.41. The highest BCUT2D eigenvalue weighted by molar-refractivity contribution is 5.90. The van der Waals surface area contributed by atoms with Gasteiger partial charge in [-0.3, -0.25) is 0 Å². The molecule has 0 heterocycles. The number of esters is 1. The maximum Gasteiger partial charge on any atom is 0.333 e. The number of carbonyl (C=O) groups is 1. The Morgan fingerprint density at radius 3 is 2.14 bits per heavy atom. The van der Waals surface area contributed by atoms with Crippen LogP contribution in [0.1, 0.15) is 56.6 Å². The first-order valence-electron chi connectivity index (χ1n) is 11.9. The molecule has 0 aliphatic carbocycles. The number of unbranched alkanes of at least 4 members (excludes halogenated alkanes) is 5. The normalized spacial score (nSPS) is 10.9. The third-order valence-electron chi connectivity index (χ3n) is 5.39. The summed E-state index contributed by atoms with van der Waals surface area (Å²) < 4.78 is 21.5. The number of carbonyl (C=O) groups excluding carboxylic acids is 1. The summed E-state index contributed by atoms with van der Waals surface area (Å²) in [5.74, 6) is 1.74. The molecule has 0 aliphatic rings. The molecule has 0 radical (unpaired) electrons. The van der Waals surface area contributed by atoms with Crippen LogP contribution in [0.2, 0.25) is 0 Å². The fraction of sp³-hybridized carbons (Fsp3) is 0.379. The molecule has 0 atom stereocenters. The van der Waals surface area contributed by atoms with Crippen LogP contribution in [-0.4, -0.2) is 33.4 Å². The van der Waals surface area contributed by atoms with Gasteiger partial charge in [-0.2, -0.15) is 5.26 Å². The largest absolute Gasteiger partial charge is 0.494 e. The molecule has 0 aromatic heterocycles. The lowest BCUT2D eigenvalue weighted by Crippen LogP contribution is -2.06. The molecule has 2 rings (SSSR count). The Balaban J connectivity index is 1.72. The summed E-state index contributed by atoms with van der Waals surface area (Å²) in [5, 5.41) is 9.64. The summed E-state index contributed by atoms with van der Waals surface area (Å²) in [6.45, 7) is 6.34. The van der Waals surface area contributed by atoms with E-state index in [1.54, 1.807) is 21.1 Å². The van der Waals surface area contributed by atoms with Crippen LogP contribution < -0.4 is 14.2 Å². The fourth-order valence-electron chi connectivity index (χ4n) is 3.41. The topological polar surface area (TPSA) is 77.8 Å². The van der Waals surface area contributed by atoms with E-state index >= 15 is 0 Å². The second-order valence-electron chi connectivity index (χ2n) is 8.19. The number of methoxy groups -OCH3 is 2. The minimum absolute atomic E-state index is 0.312. The highest BCUT2D eigenvalue weighted by Gasteiger charge is 2.06. The van der Waals surface area contributed by atoms with Gasteiger partial charge in [0.15, 0.2) is 11.5 Å². The lowest BCUT2D eigenvalue weighted by Gasteiger charge is -2.09. The van der Waals surface area contributed by atoms with Crippen molar-refractivity contribution in [1.29, 1.82) is 5.26 Å². The number of nitrogens with zero attached hydrogens (tertiary/aromatic N) is 1. The van der Waals surface area contributed by atoms with Crippen molar-refractivity contribution in [3.63, 3.8) is 0 Å². The van der Waals surface area contributed by atoms with E-state index in [1.807, 2.05) is 48.5 Å². The van der Waals surface area contributed by atoms with Crippen LogP contribution in [0.3, 0.4) is 0 Å². The molecule has 6 heteroatoms. The van der Waals surface area contributed by atoms with E-state index in [1.165, 1.54) is 0 Å². The summed E-state index contributed by atoms with van der Waals surface area (Å²) in [7, 11) is 3.18. The highest BCUT2D eigenvalue weighted by atomic mass is 16.5. The molecular weight excluding hydrogens is 442 g/mol. The standard InChI is InChI=1S/C29H35NO5/c1-22(2)29(31)35-18-10-8-6-5-7-9-17-34-26-14-12-24(13-15-26)25(21-30)19-23-11-16-27(32-3)28(20-23)33-4/h11-16,19-20H,1,5-10,17-18H2,2-4H3/b25-19+. The second kappa shape index (κ2) is 15.2. The minimum atomic E-state index is -0.312. The molecular formula is C29H35NO5. The zero-order valence-corrected chi connectivity index (χ0v) is 21.0. The average molecular weight is 478 g/mol. The van der Waals surface area contributed by atoms with Crippen molar-refractivity contribution < 1.29 is 23.7 Å². The Morgan fingerprint density at radius 2 is 1.54 bits per heavy atom. The predicted molar refractivity (Wildman–Crippen MR) is 138 cm³/mol. The average Bonchev–Trinajstić information content (AvgIpc) is 2.88. The Hall–Kier alpha value is -3.72. The van der Waals surface area contributed by atoms with Gasteiger partial charge in [0.05, 0.1) is 39.1 Å². The molecule has 0 unspecified atom stereocenters. The van der Waals surface area contributed by atoms with E-state index in [2.05, 4.69) is 12.6 Å². The molecule has 0 N–H and O–H groups in total. The van der Waals surface area contributed by atoms with E-state index in [9.17, 15) is 10.1 Å². The van der Waals surface area contributed by atoms with Gasteiger partial charge in [0.2, 0.25) is 0 Å². The van der Waals surface area contributed by atoms with Gasteiger partial charge in [-0.25, -0.2) is 4.79 Å². The van der Waals surface area contributed by atoms with Crippen LogP contribution in [0.5, 0.6) is 17.2 Å². The SMILES string of the molecule is C=C(C)C(=O)OCCCCCCCCOc1ccc(/C(C#N)=C/c2ccc(OC)c(OC)c2)cc1. The third-order valence-corrected chi connectivity index (χ3v) is 5.39. The van der Waals surface area contributed by atoms with Gasteiger partial charge >= 0.3 is 5.97 Å². The van der Waals surface area contributed by atoms with E-state index in [0.29, 0.717) is 35.9 Å². The van der Waals surface area contributed by atoms with Crippen molar-refractivity contribution in [3.05, 3.63) is 65.7 Å². The molecule has 0 bridgehead atoms. The molecule has 0 fully saturated rings. The van der Waals surface area contributed by atoms with Crippen molar-refractivity contribution >= 4 is 17.6 Å². The summed E-state index contributed by atoms with van der Waals surface area (Å²) in [6.07, 6.45) is 8.07. The highest BCUT2D eigenvalue weighted by Crippen LogP contribution is 2.29. The quantitative estimate of drug-likeness (QED) is 0.0945. The molecule has 0 saturated carbocycles. The van der Waals surface area contributed by atoms with Crippen molar-refractivity contribution in [1.82, 2.24) is 0 Å². The van der Waals surface area contributed by atoms with Gasteiger partial charge in [0, 0.05) is 5.57 Å². The van der Waals surface area contributed by atoms with Crippen molar-refractivity contribution in [2.24, 2.45) is 0 Å². The van der Waals surface area contributed by atoms with Crippen LogP contribution in [0.4, 0.5) is 0 Å². The summed E-state index contributed by atoms with van der Waals surface area (Å²) in [4.78, 5) is 11.3. The van der Waals surface area contributed by atoms with Crippen molar-refractivity contribution in [2.45, 2.75) is 45.4 Å². The molecule has 0 aliphatic heterocycles. The first-order chi connectivity index (χ1) is 17.0. The molecule has 35 heavy (non-hydrogen) atoms. The number of allylic oxidation sites excluding steroid dienone is 1. The van der Waals surface area contributed by atoms with E-state index in [0.717, 1.165) is 55.4 Å². The van der Waals surface area contributed by atoms with Crippen LogP contribution in [-0.2, 0) is 9.53 Å². The first kappa shape index (κ1) is 27.5. The van der Waals surface area contributed by atoms with Crippen molar-refractivity contribution in [2.75, 3.05) is 27.4 Å². The van der Waals surface area contributed by atoms with Gasteiger partial charge < -0.3 is 18.9 Å². The number of ether oxygens (including phenoxy) is 4. The molecule has 0 saturated heterocycles. The maximum atomic E-state index is 11.3. The molecule has 2 aromatic carbocycles. The predicted octanol–water partition coefficient (Wildman–Crippen LogP) is 6.61. The Bertz CT molecular complexity index is 1030. The zero-order chi connectivity index (χ0) is 25.5. The summed E-state index contributed by atoms with van der Waals surface area (Å²) in [5.41, 5.74) is 2.67. The number of rotatable bonds is 15. The summed E-state index contributed by atoms with van der Waals surface area (Å²) >= 11 is 0. The molecule has 186 valence electrons. The number of benzene rings is 2. The lowest BCUT2D eigenvalue weighted by molar-refractivity contribution is -0.139. The molecule has 0 spiro atoms. The number of hydrogen-bond acceptors (Lipinski definition) is 6. The lowest BCUT2D eigenvalue weighted by atomic mass is 10.0. The first-order valence-corrected chi connectivity index (χ1v) is 11.9. The van der Waals surface area contributed by atoms with E-state index in [-0.39, 0.29) is 5.97 Å². The van der Waals surface area contributed by atoms with E-state index in [4.69, 9.17) is 18.9 Å². The Morgan fingerprint density at radius 1 is 0.914 bits per heavy atom. The summed E-state index contributed by atoms with van der Waals surface area (Å²) in [6, 6.07) is 15.4. The Labute approximate surface area is 208 Å². The van der Waals surface area contributed by atoms with Gasteiger partial charge in [-0.05, 0) is 73.4 Å². The van der Waals surface area contributed by atoms with Gasteiger partial charge in [-0.15, -0.1) is 0 Å².